The van der Waals surface area contributed by atoms with Gasteiger partial charge in [-0.05, 0) is 47.9 Å². The summed E-state index contributed by atoms with van der Waals surface area (Å²) in [6.45, 7) is 0. The standard InChI is InChI=1S/C23H17FN2OS/c24-22-17(6-7-21-18(22)10-13-28(21)27)20-14-19(15-8-11-25-12-9-15)23(26-20)16-4-2-1-3-5-16/h1-9,11-12,14,26H,10,13H2. The largest absolute Gasteiger partial charge is 0.354 e. The number of nitrogens with one attached hydrogen (secondary N) is 1. The molecule has 2 aromatic carbocycles. The van der Waals surface area contributed by atoms with Crippen LogP contribution in [0.25, 0.3) is 33.6 Å². The van der Waals surface area contributed by atoms with Crippen molar-refractivity contribution in [3.05, 3.63) is 84.4 Å². The van der Waals surface area contributed by atoms with Crippen LogP contribution in [0.15, 0.2) is 78.0 Å². The molecule has 1 atom stereocenters. The molecule has 1 aliphatic heterocycles. The van der Waals surface area contributed by atoms with Crippen molar-refractivity contribution in [2.24, 2.45) is 0 Å². The van der Waals surface area contributed by atoms with Gasteiger partial charge in [-0.25, -0.2) is 4.39 Å². The van der Waals surface area contributed by atoms with Crippen molar-refractivity contribution in [2.75, 3.05) is 5.75 Å². The molecule has 5 heteroatoms. The molecule has 138 valence electrons. The van der Waals surface area contributed by atoms with E-state index in [0.717, 1.165) is 22.4 Å². The van der Waals surface area contributed by atoms with Gasteiger partial charge in [0.25, 0.3) is 0 Å². The number of rotatable bonds is 3. The maximum absolute atomic E-state index is 15.2. The molecule has 0 aliphatic carbocycles. The van der Waals surface area contributed by atoms with E-state index < -0.39 is 10.8 Å². The highest BCUT2D eigenvalue weighted by Gasteiger charge is 2.25. The highest BCUT2D eigenvalue weighted by molar-refractivity contribution is 7.85. The van der Waals surface area contributed by atoms with Crippen LogP contribution in [0.2, 0.25) is 0 Å². The SMILES string of the molecule is O=S1CCc2c1ccc(-c1cc(-c3ccncc3)c(-c3ccccc3)[nH]1)c2F. The third-order valence-corrected chi connectivity index (χ3v) is 6.59. The minimum Gasteiger partial charge on any atom is -0.354 e. The van der Waals surface area contributed by atoms with Gasteiger partial charge in [0, 0.05) is 45.4 Å². The Bertz CT molecular complexity index is 1130. The Balaban J connectivity index is 1.70. The first-order chi connectivity index (χ1) is 13.7. The smallest absolute Gasteiger partial charge is 0.136 e. The summed E-state index contributed by atoms with van der Waals surface area (Å²) < 4.78 is 27.2. The van der Waals surface area contributed by atoms with Crippen LogP contribution >= 0.6 is 0 Å². The van der Waals surface area contributed by atoms with Crippen LogP contribution in [0, 0.1) is 5.82 Å². The van der Waals surface area contributed by atoms with Crippen molar-refractivity contribution in [3.8, 4) is 33.6 Å². The van der Waals surface area contributed by atoms with E-state index in [1.54, 1.807) is 24.5 Å². The Morgan fingerprint density at radius 1 is 0.929 bits per heavy atom. The minimum absolute atomic E-state index is 0.273. The minimum atomic E-state index is -1.09. The second-order valence-corrected chi connectivity index (χ2v) is 8.32. The maximum atomic E-state index is 15.2. The fourth-order valence-corrected chi connectivity index (χ4v) is 5.05. The van der Waals surface area contributed by atoms with Crippen molar-refractivity contribution in [1.29, 1.82) is 0 Å². The molecule has 1 aliphatic rings. The van der Waals surface area contributed by atoms with E-state index in [9.17, 15) is 4.21 Å². The zero-order valence-corrected chi connectivity index (χ0v) is 15.8. The van der Waals surface area contributed by atoms with Gasteiger partial charge >= 0.3 is 0 Å². The molecule has 0 radical (unpaired) electrons. The van der Waals surface area contributed by atoms with Gasteiger partial charge in [-0.15, -0.1) is 0 Å². The summed E-state index contributed by atoms with van der Waals surface area (Å²) >= 11 is 0. The van der Waals surface area contributed by atoms with Crippen LogP contribution in [0.4, 0.5) is 4.39 Å². The zero-order chi connectivity index (χ0) is 19.1. The van der Waals surface area contributed by atoms with Crippen LogP contribution in [0.5, 0.6) is 0 Å². The van der Waals surface area contributed by atoms with Crippen LogP contribution in [-0.2, 0) is 17.2 Å². The highest BCUT2D eigenvalue weighted by Crippen LogP contribution is 2.38. The quantitative estimate of drug-likeness (QED) is 0.523. The summed E-state index contributed by atoms with van der Waals surface area (Å²) in [6.07, 6.45) is 4.02. The Kier molecular flexibility index (Phi) is 4.17. The van der Waals surface area contributed by atoms with E-state index in [1.807, 2.05) is 48.5 Å². The molecule has 3 heterocycles. The normalized spacial score (nSPS) is 15.5. The molecule has 5 rings (SSSR count). The van der Waals surface area contributed by atoms with Crippen LogP contribution in [-0.4, -0.2) is 19.9 Å². The monoisotopic (exact) mass is 388 g/mol. The zero-order valence-electron chi connectivity index (χ0n) is 15.0. The lowest BCUT2D eigenvalue weighted by Gasteiger charge is -2.06. The number of halogens is 1. The Labute approximate surface area is 164 Å². The number of benzene rings is 2. The Morgan fingerprint density at radius 3 is 2.50 bits per heavy atom. The average molecular weight is 388 g/mol. The molecule has 1 unspecified atom stereocenters. The third-order valence-electron chi connectivity index (χ3n) is 5.14. The number of hydrogen-bond donors (Lipinski definition) is 1. The second-order valence-electron chi connectivity index (χ2n) is 6.78. The van der Waals surface area contributed by atoms with E-state index in [0.29, 0.717) is 33.9 Å². The molecule has 3 nitrogen and oxygen atoms in total. The van der Waals surface area contributed by atoms with Gasteiger partial charge in [0.15, 0.2) is 0 Å². The van der Waals surface area contributed by atoms with E-state index in [2.05, 4.69) is 9.97 Å². The van der Waals surface area contributed by atoms with E-state index in [-0.39, 0.29) is 5.82 Å². The molecule has 0 fully saturated rings. The lowest BCUT2D eigenvalue weighted by atomic mass is 10.0. The molecule has 0 spiro atoms. The lowest BCUT2D eigenvalue weighted by molar-refractivity contribution is 0.612. The number of nitrogens with zero attached hydrogens (tertiary/aromatic N) is 1. The summed E-state index contributed by atoms with van der Waals surface area (Å²) in [7, 11) is -1.09. The van der Waals surface area contributed by atoms with Crippen molar-refractivity contribution in [2.45, 2.75) is 11.3 Å². The van der Waals surface area contributed by atoms with Crippen LogP contribution < -0.4 is 0 Å². The Morgan fingerprint density at radius 2 is 1.71 bits per heavy atom. The molecule has 1 N–H and O–H groups in total. The van der Waals surface area contributed by atoms with Crippen molar-refractivity contribution >= 4 is 10.8 Å². The summed E-state index contributed by atoms with van der Waals surface area (Å²) in [5.74, 6) is 0.225. The number of H-pyrrole nitrogens is 1. The summed E-state index contributed by atoms with van der Waals surface area (Å²) in [5, 5.41) is 0. The third kappa shape index (κ3) is 2.79. The first-order valence-electron chi connectivity index (χ1n) is 9.11. The van der Waals surface area contributed by atoms with Crippen LogP contribution in [0.3, 0.4) is 0 Å². The molecule has 0 saturated heterocycles. The van der Waals surface area contributed by atoms with Crippen molar-refractivity contribution < 1.29 is 8.60 Å². The molecular weight excluding hydrogens is 371 g/mol. The van der Waals surface area contributed by atoms with Gasteiger partial charge < -0.3 is 4.98 Å². The molecule has 0 saturated carbocycles. The molecule has 28 heavy (non-hydrogen) atoms. The van der Waals surface area contributed by atoms with Crippen molar-refractivity contribution in [3.63, 3.8) is 0 Å². The van der Waals surface area contributed by atoms with Gasteiger partial charge in [0.2, 0.25) is 0 Å². The number of fused-ring (bicyclic) bond motifs is 1. The maximum Gasteiger partial charge on any atom is 0.136 e. The van der Waals surface area contributed by atoms with Gasteiger partial charge in [0.05, 0.1) is 16.5 Å². The van der Waals surface area contributed by atoms with Gasteiger partial charge in [-0.3, -0.25) is 9.19 Å². The summed E-state index contributed by atoms with van der Waals surface area (Å²) in [4.78, 5) is 8.15. The average Bonchev–Trinajstić information content (AvgIpc) is 3.35. The second kappa shape index (κ2) is 6.84. The summed E-state index contributed by atoms with van der Waals surface area (Å²) in [6, 6.07) is 19.4. The van der Waals surface area contributed by atoms with E-state index >= 15 is 4.39 Å². The fraction of sp³-hybridized carbons (Fsp3) is 0.0870. The number of aromatic nitrogens is 2. The first kappa shape index (κ1) is 17.1. The van der Waals surface area contributed by atoms with E-state index in [4.69, 9.17) is 0 Å². The predicted octanol–water partition coefficient (Wildman–Crippen LogP) is 5.21. The predicted molar refractivity (Wildman–Crippen MR) is 110 cm³/mol. The van der Waals surface area contributed by atoms with Crippen LogP contribution in [0.1, 0.15) is 5.56 Å². The molecule has 2 aromatic heterocycles. The Hall–Kier alpha value is -3.05. The summed E-state index contributed by atoms with van der Waals surface area (Å²) in [5.41, 5.74) is 5.77. The molecule has 4 aromatic rings. The molecule has 0 bridgehead atoms. The van der Waals surface area contributed by atoms with Crippen molar-refractivity contribution in [1.82, 2.24) is 9.97 Å². The lowest BCUT2D eigenvalue weighted by Crippen LogP contribution is -1.93. The fourth-order valence-electron chi connectivity index (χ4n) is 3.75. The van der Waals surface area contributed by atoms with Gasteiger partial charge in [0.1, 0.15) is 5.82 Å². The van der Waals surface area contributed by atoms with Gasteiger partial charge in [-0.2, -0.15) is 0 Å². The van der Waals surface area contributed by atoms with Gasteiger partial charge in [-0.1, -0.05) is 30.3 Å². The molecular formula is C23H17FN2OS. The molecule has 0 amide bonds. The first-order valence-corrected chi connectivity index (χ1v) is 10.4. The topological polar surface area (TPSA) is 45.8 Å². The highest BCUT2D eigenvalue weighted by atomic mass is 32.2. The number of pyridine rings is 1. The van der Waals surface area contributed by atoms with E-state index in [1.165, 1.54) is 0 Å². The number of aromatic amines is 1. The number of hydrogen-bond acceptors (Lipinski definition) is 2.